The summed E-state index contributed by atoms with van der Waals surface area (Å²) in [4.78, 5) is 11.2. The normalized spacial score (nSPS) is 10.6. The lowest BCUT2D eigenvalue weighted by Gasteiger charge is -2.10. The van der Waals surface area contributed by atoms with E-state index < -0.39 is 47.0 Å². The molecule has 0 aliphatic carbocycles. The van der Waals surface area contributed by atoms with Crippen molar-refractivity contribution in [3.8, 4) is 0 Å². The van der Waals surface area contributed by atoms with Gasteiger partial charge in [0.2, 0.25) is 0 Å². The van der Waals surface area contributed by atoms with Gasteiger partial charge < -0.3 is 4.74 Å². The van der Waals surface area contributed by atoms with Crippen LogP contribution in [0, 0.1) is 30.2 Å². The zero-order chi connectivity index (χ0) is 14.6. The standard InChI is InChI=1S/C13H14F4O2/c1-3-4-5-9(18)19-6-8-12(16)10(14)7(2)11(15)13(8)17/h3-6H2,1-2H3. The van der Waals surface area contributed by atoms with Crippen molar-refractivity contribution in [3.63, 3.8) is 0 Å². The fourth-order valence-corrected chi connectivity index (χ4v) is 1.46. The molecular weight excluding hydrogens is 264 g/mol. The molecule has 0 atom stereocenters. The Bertz CT molecular complexity index is 457. The van der Waals surface area contributed by atoms with Crippen LogP contribution in [0.1, 0.15) is 37.3 Å². The molecule has 1 aromatic rings. The molecule has 2 nitrogen and oxygen atoms in total. The Morgan fingerprint density at radius 2 is 1.58 bits per heavy atom. The summed E-state index contributed by atoms with van der Waals surface area (Å²) in [6.07, 6.45) is 1.42. The number of hydrogen-bond donors (Lipinski definition) is 0. The molecule has 106 valence electrons. The lowest BCUT2D eigenvalue weighted by Crippen LogP contribution is -2.11. The molecule has 0 aromatic heterocycles. The Morgan fingerprint density at radius 1 is 1.05 bits per heavy atom. The molecule has 0 aliphatic rings. The number of ether oxygens (including phenoxy) is 1. The summed E-state index contributed by atoms with van der Waals surface area (Å²) in [5.41, 5.74) is -1.65. The van der Waals surface area contributed by atoms with Crippen LogP contribution in [-0.4, -0.2) is 5.97 Å². The van der Waals surface area contributed by atoms with Crippen molar-refractivity contribution in [1.29, 1.82) is 0 Å². The van der Waals surface area contributed by atoms with Gasteiger partial charge in [-0.15, -0.1) is 0 Å². The molecule has 0 amide bonds. The third kappa shape index (κ3) is 3.45. The minimum absolute atomic E-state index is 0.0938. The van der Waals surface area contributed by atoms with E-state index >= 15 is 0 Å². The maximum Gasteiger partial charge on any atom is 0.306 e. The van der Waals surface area contributed by atoms with Gasteiger partial charge in [-0.1, -0.05) is 13.3 Å². The summed E-state index contributed by atoms with van der Waals surface area (Å²) in [7, 11) is 0. The molecule has 1 rings (SSSR count). The van der Waals surface area contributed by atoms with Gasteiger partial charge in [0.25, 0.3) is 0 Å². The number of esters is 1. The molecule has 0 aliphatic heterocycles. The lowest BCUT2D eigenvalue weighted by molar-refractivity contribution is -0.145. The number of carbonyl (C=O) groups excluding carboxylic acids is 1. The van der Waals surface area contributed by atoms with Crippen molar-refractivity contribution in [1.82, 2.24) is 0 Å². The predicted octanol–water partition coefficient (Wildman–Crippen LogP) is 3.78. The Kier molecular flexibility index (Phi) is 5.32. The molecule has 19 heavy (non-hydrogen) atoms. The van der Waals surface area contributed by atoms with Crippen molar-refractivity contribution < 1.29 is 27.1 Å². The van der Waals surface area contributed by atoms with E-state index in [1.54, 1.807) is 0 Å². The van der Waals surface area contributed by atoms with Crippen LogP contribution in [0.5, 0.6) is 0 Å². The molecule has 0 fully saturated rings. The summed E-state index contributed by atoms with van der Waals surface area (Å²) >= 11 is 0. The second-order valence-electron chi connectivity index (χ2n) is 4.12. The van der Waals surface area contributed by atoms with Crippen LogP contribution >= 0.6 is 0 Å². The molecule has 6 heteroatoms. The highest BCUT2D eigenvalue weighted by atomic mass is 19.2. The van der Waals surface area contributed by atoms with Gasteiger partial charge in [-0.25, -0.2) is 17.6 Å². The van der Waals surface area contributed by atoms with E-state index in [9.17, 15) is 22.4 Å². The SMILES string of the molecule is CCCCC(=O)OCc1c(F)c(F)c(C)c(F)c1F. The third-order valence-electron chi connectivity index (χ3n) is 2.69. The molecule has 0 saturated heterocycles. The number of hydrogen-bond acceptors (Lipinski definition) is 2. The van der Waals surface area contributed by atoms with Gasteiger partial charge in [-0.3, -0.25) is 4.79 Å². The fraction of sp³-hybridized carbons (Fsp3) is 0.462. The van der Waals surface area contributed by atoms with Crippen LogP contribution in [0.4, 0.5) is 17.6 Å². The van der Waals surface area contributed by atoms with Crippen LogP contribution in [0.25, 0.3) is 0 Å². The molecule has 0 N–H and O–H groups in total. The third-order valence-corrected chi connectivity index (χ3v) is 2.69. The maximum atomic E-state index is 13.4. The van der Waals surface area contributed by atoms with Gasteiger partial charge in [0.05, 0.1) is 5.56 Å². The van der Waals surface area contributed by atoms with Crippen LogP contribution in [0.3, 0.4) is 0 Å². The highest BCUT2D eigenvalue weighted by molar-refractivity contribution is 5.69. The quantitative estimate of drug-likeness (QED) is 0.465. The average molecular weight is 278 g/mol. The average Bonchev–Trinajstić information content (AvgIpc) is 2.40. The summed E-state index contributed by atoms with van der Waals surface area (Å²) in [6.45, 7) is 1.96. The number of carbonyl (C=O) groups is 1. The second-order valence-corrected chi connectivity index (χ2v) is 4.12. The van der Waals surface area contributed by atoms with E-state index in [4.69, 9.17) is 0 Å². The van der Waals surface area contributed by atoms with E-state index in [1.165, 1.54) is 0 Å². The first-order valence-electron chi connectivity index (χ1n) is 5.87. The van der Waals surface area contributed by atoms with Gasteiger partial charge in [0.15, 0.2) is 23.3 Å². The summed E-state index contributed by atoms with van der Waals surface area (Å²) < 4.78 is 57.9. The first kappa shape index (κ1) is 15.5. The Balaban J connectivity index is 2.87. The van der Waals surface area contributed by atoms with Crippen LogP contribution < -0.4 is 0 Å². The molecule has 0 saturated carbocycles. The fourth-order valence-electron chi connectivity index (χ4n) is 1.46. The summed E-state index contributed by atoms with van der Waals surface area (Å²) in [6, 6.07) is 0. The minimum Gasteiger partial charge on any atom is -0.461 e. The molecule has 0 radical (unpaired) electrons. The van der Waals surface area contributed by atoms with Gasteiger partial charge >= 0.3 is 5.97 Å². The van der Waals surface area contributed by atoms with Crippen molar-refractivity contribution in [2.75, 3.05) is 0 Å². The van der Waals surface area contributed by atoms with Gasteiger partial charge in [0, 0.05) is 12.0 Å². The Hall–Kier alpha value is -1.59. The molecule has 1 aromatic carbocycles. The van der Waals surface area contributed by atoms with Crippen LogP contribution in [0.2, 0.25) is 0 Å². The summed E-state index contributed by atoms with van der Waals surface area (Å²) in [5, 5.41) is 0. The first-order chi connectivity index (χ1) is 8.90. The Morgan fingerprint density at radius 3 is 2.05 bits per heavy atom. The van der Waals surface area contributed by atoms with Gasteiger partial charge in [0.1, 0.15) is 6.61 Å². The largest absolute Gasteiger partial charge is 0.461 e. The van der Waals surface area contributed by atoms with Crippen molar-refractivity contribution in [2.24, 2.45) is 0 Å². The van der Waals surface area contributed by atoms with Crippen molar-refractivity contribution in [3.05, 3.63) is 34.4 Å². The smallest absolute Gasteiger partial charge is 0.306 e. The number of unbranched alkanes of at least 4 members (excludes halogenated alkanes) is 1. The molecule has 0 spiro atoms. The second kappa shape index (κ2) is 6.54. The maximum absolute atomic E-state index is 13.4. The van der Waals surface area contributed by atoms with E-state index in [2.05, 4.69) is 4.74 Å². The first-order valence-corrected chi connectivity index (χ1v) is 5.87. The minimum atomic E-state index is -1.53. The lowest BCUT2D eigenvalue weighted by atomic mass is 10.1. The van der Waals surface area contributed by atoms with Crippen molar-refractivity contribution in [2.45, 2.75) is 39.7 Å². The predicted molar refractivity (Wildman–Crippen MR) is 60.3 cm³/mol. The van der Waals surface area contributed by atoms with Crippen LogP contribution in [-0.2, 0) is 16.1 Å². The van der Waals surface area contributed by atoms with E-state index in [1.807, 2.05) is 6.92 Å². The van der Waals surface area contributed by atoms with Crippen molar-refractivity contribution >= 4 is 5.97 Å². The number of halogens is 4. The van der Waals surface area contributed by atoms with E-state index in [-0.39, 0.29) is 6.42 Å². The van der Waals surface area contributed by atoms with Crippen LogP contribution in [0.15, 0.2) is 0 Å². The number of benzene rings is 1. The zero-order valence-corrected chi connectivity index (χ0v) is 10.7. The Labute approximate surface area is 108 Å². The van der Waals surface area contributed by atoms with Gasteiger partial charge in [-0.2, -0.15) is 0 Å². The topological polar surface area (TPSA) is 26.3 Å². The zero-order valence-electron chi connectivity index (χ0n) is 10.7. The molecule has 0 heterocycles. The van der Waals surface area contributed by atoms with Gasteiger partial charge in [-0.05, 0) is 13.3 Å². The molecular formula is C13H14F4O2. The summed E-state index contributed by atoms with van der Waals surface area (Å²) in [5.74, 6) is -6.67. The number of rotatable bonds is 5. The van der Waals surface area contributed by atoms with E-state index in [0.717, 1.165) is 13.3 Å². The molecule has 0 bridgehead atoms. The van der Waals surface area contributed by atoms with E-state index in [0.29, 0.717) is 6.42 Å². The highest BCUT2D eigenvalue weighted by Gasteiger charge is 2.23. The highest BCUT2D eigenvalue weighted by Crippen LogP contribution is 2.24. The molecule has 0 unspecified atom stereocenters. The monoisotopic (exact) mass is 278 g/mol.